The third kappa shape index (κ3) is 1.12. The Balaban J connectivity index is 1.74. The zero-order chi connectivity index (χ0) is 12.4. The Labute approximate surface area is 110 Å². The van der Waals surface area contributed by atoms with Gasteiger partial charge in [-0.25, -0.2) is 0 Å². The van der Waals surface area contributed by atoms with E-state index < -0.39 is 0 Å². The fourth-order valence-electron chi connectivity index (χ4n) is 5.34. The number of hydrogen-bond acceptors (Lipinski definition) is 1. The van der Waals surface area contributed by atoms with Crippen LogP contribution in [0, 0.1) is 17.8 Å². The number of likely N-dealkylation sites (tertiary alicyclic amines) is 1. The standard InChI is InChI=1S/C17H23N/c1-4-18-11(3)10(2)15-14-9-12-7-5-6-8-13(12)16(14)17(15)18/h5-8,10-11,14-17H,4,9H2,1-3H3/t10-,11+,14?,15+,16-,17+/m1/s1. The Morgan fingerprint density at radius 3 is 2.78 bits per heavy atom. The predicted octanol–water partition coefficient (Wildman–Crippen LogP) is 3.30. The number of fused-ring (bicyclic) bond motifs is 6. The summed E-state index contributed by atoms with van der Waals surface area (Å²) in [5.41, 5.74) is 3.31. The van der Waals surface area contributed by atoms with Crippen molar-refractivity contribution in [3.05, 3.63) is 35.4 Å². The maximum absolute atomic E-state index is 2.78. The first-order valence-electron chi connectivity index (χ1n) is 7.57. The third-order valence-electron chi connectivity index (χ3n) is 6.23. The van der Waals surface area contributed by atoms with Crippen molar-refractivity contribution in [2.75, 3.05) is 6.54 Å². The monoisotopic (exact) mass is 241 g/mol. The smallest absolute Gasteiger partial charge is 0.0204 e. The fourth-order valence-corrected chi connectivity index (χ4v) is 5.34. The first kappa shape index (κ1) is 11.0. The second-order valence-electron chi connectivity index (χ2n) is 6.59. The molecule has 1 aliphatic heterocycles. The zero-order valence-corrected chi connectivity index (χ0v) is 11.6. The molecular formula is C17H23N. The molecular weight excluding hydrogens is 218 g/mol. The molecule has 0 radical (unpaired) electrons. The number of rotatable bonds is 1. The Morgan fingerprint density at radius 1 is 1.22 bits per heavy atom. The largest absolute Gasteiger partial charge is 0.297 e. The van der Waals surface area contributed by atoms with Gasteiger partial charge in [0.2, 0.25) is 0 Å². The van der Waals surface area contributed by atoms with Gasteiger partial charge in [-0.2, -0.15) is 0 Å². The molecule has 1 heterocycles. The van der Waals surface area contributed by atoms with E-state index in [1.54, 1.807) is 11.1 Å². The molecule has 1 heteroatoms. The summed E-state index contributed by atoms with van der Waals surface area (Å²) in [6, 6.07) is 10.8. The Hall–Kier alpha value is -0.820. The van der Waals surface area contributed by atoms with Crippen LogP contribution in [-0.2, 0) is 6.42 Å². The van der Waals surface area contributed by atoms with Crippen LogP contribution in [0.5, 0.6) is 0 Å². The zero-order valence-electron chi connectivity index (χ0n) is 11.6. The highest BCUT2D eigenvalue weighted by molar-refractivity contribution is 5.42. The topological polar surface area (TPSA) is 3.24 Å². The van der Waals surface area contributed by atoms with Gasteiger partial charge in [0, 0.05) is 18.0 Å². The minimum absolute atomic E-state index is 0.780. The normalized spacial score (nSPS) is 45.3. The highest BCUT2D eigenvalue weighted by Gasteiger charge is 2.62. The number of nitrogens with zero attached hydrogens (tertiary/aromatic N) is 1. The summed E-state index contributed by atoms with van der Waals surface area (Å²) in [4.78, 5) is 2.78. The minimum Gasteiger partial charge on any atom is -0.297 e. The van der Waals surface area contributed by atoms with E-state index in [4.69, 9.17) is 0 Å². The van der Waals surface area contributed by atoms with Crippen LogP contribution in [0.4, 0.5) is 0 Å². The van der Waals surface area contributed by atoms with E-state index in [2.05, 4.69) is 49.9 Å². The van der Waals surface area contributed by atoms with E-state index in [0.717, 1.165) is 35.8 Å². The highest BCUT2D eigenvalue weighted by Crippen LogP contribution is 2.63. The van der Waals surface area contributed by atoms with Gasteiger partial charge in [0.05, 0.1) is 0 Å². The van der Waals surface area contributed by atoms with Crippen molar-refractivity contribution in [2.24, 2.45) is 17.8 Å². The summed E-state index contributed by atoms with van der Waals surface area (Å²) in [7, 11) is 0. The molecule has 0 spiro atoms. The molecule has 1 saturated heterocycles. The van der Waals surface area contributed by atoms with Crippen LogP contribution in [0.15, 0.2) is 24.3 Å². The minimum atomic E-state index is 0.780. The van der Waals surface area contributed by atoms with Gasteiger partial charge in [0.1, 0.15) is 0 Å². The second kappa shape index (κ2) is 3.60. The van der Waals surface area contributed by atoms with E-state index in [1.807, 2.05) is 0 Å². The predicted molar refractivity (Wildman–Crippen MR) is 74.7 cm³/mol. The van der Waals surface area contributed by atoms with Gasteiger partial charge in [-0.1, -0.05) is 38.1 Å². The van der Waals surface area contributed by atoms with Crippen LogP contribution in [0.1, 0.15) is 37.8 Å². The van der Waals surface area contributed by atoms with Crippen LogP contribution in [0.25, 0.3) is 0 Å². The highest BCUT2D eigenvalue weighted by atomic mass is 15.2. The first-order chi connectivity index (χ1) is 8.74. The Kier molecular flexibility index (Phi) is 2.21. The first-order valence-corrected chi connectivity index (χ1v) is 7.57. The van der Waals surface area contributed by atoms with Gasteiger partial charge in [0.25, 0.3) is 0 Å². The van der Waals surface area contributed by atoms with Crippen LogP contribution in [0.3, 0.4) is 0 Å². The van der Waals surface area contributed by atoms with Crippen molar-refractivity contribution < 1.29 is 0 Å². The number of benzene rings is 1. The molecule has 2 fully saturated rings. The summed E-state index contributed by atoms with van der Waals surface area (Å²) in [5.74, 6) is 3.63. The van der Waals surface area contributed by atoms with Crippen LogP contribution in [-0.4, -0.2) is 23.5 Å². The average Bonchev–Trinajstić information content (AvgIpc) is 2.78. The molecule has 1 aromatic rings. The van der Waals surface area contributed by atoms with Crippen molar-refractivity contribution in [1.82, 2.24) is 4.90 Å². The molecule has 1 saturated carbocycles. The molecule has 1 unspecified atom stereocenters. The van der Waals surface area contributed by atoms with Gasteiger partial charge >= 0.3 is 0 Å². The van der Waals surface area contributed by atoms with Crippen LogP contribution < -0.4 is 0 Å². The van der Waals surface area contributed by atoms with Crippen molar-refractivity contribution in [3.63, 3.8) is 0 Å². The van der Waals surface area contributed by atoms with Crippen LogP contribution >= 0.6 is 0 Å². The average molecular weight is 241 g/mol. The molecule has 18 heavy (non-hydrogen) atoms. The van der Waals surface area contributed by atoms with Gasteiger partial charge in [-0.3, -0.25) is 4.90 Å². The van der Waals surface area contributed by atoms with Gasteiger partial charge < -0.3 is 0 Å². The number of hydrogen-bond donors (Lipinski definition) is 0. The molecule has 4 rings (SSSR count). The van der Waals surface area contributed by atoms with Gasteiger partial charge in [-0.05, 0) is 48.8 Å². The summed E-state index contributed by atoms with van der Waals surface area (Å²) in [6.07, 6.45) is 1.34. The van der Waals surface area contributed by atoms with Crippen molar-refractivity contribution >= 4 is 0 Å². The molecule has 1 aromatic carbocycles. The van der Waals surface area contributed by atoms with E-state index in [-0.39, 0.29) is 0 Å². The lowest BCUT2D eigenvalue weighted by molar-refractivity contribution is 0.0363. The molecule has 3 aliphatic rings. The molecule has 0 N–H and O–H groups in total. The fraction of sp³-hybridized carbons (Fsp3) is 0.647. The van der Waals surface area contributed by atoms with Crippen molar-refractivity contribution in [2.45, 2.75) is 45.2 Å². The summed E-state index contributed by atoms with van der Waals surface area (Å²) >= 11 is 0. The van der Waals surface area contributed by atoms with E-state index >= 15 is 0 Å². The maximum atomic E-state index is 2.78. The van der Waals surface area contributed by atoms with E-state index in [1.165, 1.54) is 13.0 Å². The SMILES string of the molecule is CCN1[C@H]2[C@H](C3Cc4ccccc4[C@H]32)[C@H](C)[C@@H]1C. The Morgan fingerprint density at radius 2 is 2.00 bits per heavy atom. The summed E-state index contributed by atoms with van der Waals surface area (Å²) < 4.78 is 0. The maximum Gasteiger partial charge on any atom is 0.0204 e. The quantitative estimate of drug-likeness (QED) is 0.729. The lowest BCUT2D eigenvalue weighted by Gasteiger charge is -2.49. The third-order valence-corrected chi connectivity index (χ3v) is 6.23. The molecule has 6 atom stereocenters. The molecule has 1 nitrogen and oxygen atoms in total. The molecule has 0 amide bonds. The molecule has 0 aromatic heterocycles. The van der Waals surface area contributed by atoms with E-state index in [0.29, 0.717) is 0 Å². The second-order valence-corrected chi connectivity index (χ2v) is 6.59. The van der Waals surface area contributed by atoms with Gasteiger partial charge in [-0.15, -0.1) is 0 Å². The summed E-state index contributed by atoms with van der Waals surface area (Å²) in [5, 5.41) is 0. The van der Waals surface area contributed by atoms with Crippen molar-refractivity contribution in [3.8, 4) is 0 Å². The lowest BCUT2D eigenvalue weighted by atomic mass is 9.58. The van der Waals surface area contributed by atoms with Crippen molar-refractivity contribution in [1.29, 1.82) is 0 Å². The van der Waals surface area contributed by atoms with E-state index in [9.17, 15) is 0 Å². The number of likely N-dealkylation sites (N-methyl/N-ethyl adjacent to an activating group) is 1. The van der Waals surface area contributed by atoms with Crippen LogP contribution in [0.2, 0.25) is 0 Å². The molecule has 2 aliphatic carbocycles. The molecule has 96 valence electrons. The Bertz CT molecular complexity index is 480. The van der Waals surface area contributed by atoms with Gasteiger partial charge in [0.15, 0.2) is 0 Å². The molecule has 0 bridgehead atoms. The summed E-state index contributed by atoms with van der Waals surface area (Å²) in [6.45, 7) is 8.48. The lowest BCUT2D eigenvalue weighted by Crippen LogP contribution is -2.52.